The Hall–Kier alpha value is -1.14. The van der Waals surface area contributed by atoms with E-state index in [1.165, 1.54) is 379 Å². The van der Waals surface area contributed by atoms with Gasteiger partial charge >= 0.3 is 5.97 Å². The largest absolute Gasteiger partial charge is 0.466 e. The van der Waals surface area contributed by atoms with Gasteiger partial charge in [-0.2, -0.15) is 0 Å². The van der Waals surface area contributed by atoms with Crippen molar-refractivity contribution in [2.75, 3.05) is 13.2 Å². The molecule has 0 rings (SSSR count). The van der Waals surface area contributed by atoms with Gasteiger partial charge in [-0.3, -0.25) is 9.59 Å². The summed E-state index contributed by atoms with van der Waals surface area (Å²) in [7, 11) is 0. The fourth-order valence-corrected chi connectivity index (χ4v) is 12.6. The van der Waals surface area contributed by atoms with Gasteiger partial charge in [0.2, 0.25) is 5.91 Å². The third kappa shape index (κ3) is 68.0. The van der Waals surface area contributed by atoms with E-state index in [-0.39, 0.29) is 18.5 Å². The van der Waals surface area contributed by atoms with Gasteiger partial charge in [0.1, 0.15) is 0 Å². The van der Waals surface area contributed by atoms with Crippen LogP contribution in [0.2, 0.25) is 0 Å². The van der Waals surface area contributed by atoms with Crippen molar-refractivity contribution in [3.8, 4) is 0 Å². The average Bonchev–Trinajstić information content (AvgIpc) is 3.48. The highest BCUT2D eigenvalue weighted by atomic mass is 16.5. The summed E-state index contributed by atoms with van der Waals surface area (Å²) in [6, 6.07) is -0.534. The Morgan fingerprint density at radius 3 is 0.744 bits per heavy atom. The first kappa shape index (κ1) is 80.9. The summed E-state index contributed by atoms with van der Waals surface area (Å²) in [5.74, 6) is 0.000990. The fourth-order valence-electron chi connectivity index (χ4n) is 12.6. The number of aliphatic hydroxyl groups excluding tert-OH is 2. The second-order valence-corrected chi connectivity index (χ2v) is 26.7. The lowest BCUT2D eigenvalue weighted by Gasteiger charge is -2.22. The van der Waals surface area contributed by atoms with E-state index in [4.69, 9.17) is 4.74 Å². The van der Waals surface area contributed by atoms with Gasteiger partial charge in [0.15, 0.2) is 0 Å². The van der Waals surface area contributed by atoms with Crippen LogP contribution in [0.4, 0.5) is 0 Å². The normalized spacial score (nSPS) is 12.4. The fraction of sp³-hybridized carbons (Fsp3) is 0.974. The Morgan fingerprint density at radius 2 is 0.500 bits per heavy atom. The zero-order valence-corrected chi connectivity index (χ0v) is 56.3. The Kier molecular flexibility index (Phi) is 71.3. The Bertz CT molecular complexity index is 1200. The molecule has 0 spiro atoms. The molecule has 82 heavy (non-hydrogen) atoms. The van der Waals surface area contributed by atoms with Crippen LogP contribution in [0.25, 0.3) is 0 Å². The topological polar surface area (TPSA) is 95.9 Å². The van der Waals surface area contributed by atoms with Crippen LogP contribution in [0, 0.1) is 0 Å². The van der Waals surface area contributed by atoms with Crippen LogP contribution < -0.4 is 5.32 Å². The maximum absolute atomic E-state index is 12.5. The molecule has 0 heterocycles. The summed E-state index contributed by atoms with van der Waals surface area (Å²) in [6.45, 7) is 4.99. The quantitative estimate of drug-likeness (QED) is 0.0417. The van der Waals surface area contributed by atoms with Gasteiger partial charge in [-0.05, 0) is 25.7 Å². The third-order valence-corrected chi connectivity index (χ3v) is 18.4. The van der Waals surface area contributed by atoms with Crippen molar-refractivity contribution in [3.05, 3.63) is 0 Å². The number of carbonyl (C=O) groups excluding carboxylic acids is 2. The molecule has 0 aliphatic heterocycles. The molecule has 490 valence electrons. The van der Waals surface area contributed by atoms with E-state index in [0.29, 0.717) is 25.9 Å². The highest BCUT2D eigenvalue weighted by Gasteiger charge is 2.20. The van der Waals surface area contributed by atoms with Crippen molar-refractivity contribution < 1.29 is 24.5 Å². The summed E-state index contributed by atoms with van der Waals surface area (Å²) < 4.78 is 5.52. The van der Waals surface area contributed by atoms with Crippen LogP contribution in [0.3, 0.4) is 0 Å². The van der Waals surface area contributed by atoms with E-state index < -0.39 is 12.1 Å². The van der Waals surface area contributed by atoms with E-state index >= 15 is 0 Å². The summed E-state index contributed by atoms with van der Waals surface area (Å²) in [4.78, 5) is 24.6. The van der Waals surface area contributed by atoms with Crippen molar-refractivity contribution in [1.29, 1.82) is 0 Å². The van der Waals surface area contributed by atoms with Crippen LogP contribution >= 0.6 is 0 Å². The maximum Gasteiger partial charge on any atom is 0.305 e. The minimum atomic E-state index is -0.657. The lowest BCUT2D eigenvalue weighted by atomic mass is 10.0. The molecule has 6 nitrogen and oxygen atoms in total. The maximum atomic E-state index is 12.5. The molecule has 0 aliphatic carbocycles. The van der Waals surface area contributed by atoms with Gasteiger partial charge in [0.25, 0.3) is 0 Å². The molecule has 0 radical (unpaired) electrons. The standard InChI is InChI=1S/C76H151NO5/c1-3-5-7-9-11-13-15-16-17-18-41-44-47-50-54-58-62-66-70-76(81)82-71-67-63-59-55-51-48-45-42-39-37-35-33-31-29-27-25-23-21-19-20-22-24-26-28-30-32-34-36-38-40-43-46-49-53-57-61-65-69-75(80)77-73(72-78)74(79)68-64-60-56-52-14-12-10-8-6-4-2/h73-74,78-79H,3-72H2,1-2H3,(H,77,80). The Balaban J connectivity index is 3.25. The molecule has 0 saturated carbocycles. The lowest BCUT2D eigenvalue weighted by molar-refractivity contribution is -0.143. The molecule has 0 aromatic heterocycles. The Labute approximate surface area is 515 Å². The Morgan fingerprint density at radius 1 is 0.293 bits per heavy atom. The van der Waals surface area contributed by atoms with E-state index in [1.807, 2.05) is 0 Å². The second kappa shape index (κ2) is 72.3. The summed E-state index contributed by atoms with van der Waals surface area (Å²) in [5.41, 5.74) is 0. The monoisotopic (exact) mass is 1160 g/mol. The molecule has 2 atom stereocenters. The molecule has 0 saturated heterocycles. The van der Waals surface area contributed by atoms with Gasteiger partial charge in [-0.25, -0.2) is 0 Å². The van der Waals surface area contributed by atoms with Gasteiger partial charge < -0.3 is 20.3 Å². The zero-order chi connectivity index (χ0) is 59.2. The predicted octanol–water partition coefficient (Wildman–Crippen LogP) is 24.9. The minimum absolute atomic E-state index is 0.0280. The number of amides is 1. The molecule has 3 N–H and O–H groups in total. The number of unbranched alkanes of at least 4 members (excludes halogenated alkanes) is 62. The summed E-state index contributed by atoms with van der Waals surface area (Å²) in [6.07, 6.45) is 89.2. The first-order valence-electron chi connectivity index (χ1n) is 38.3. The smallest absolute Gasteiger partial charge is 0.305 e. The molecular formula is C76H151NO5. The number of esters is 1. The van der Waals surface area contributed by atoms with Crippen molar-refractivity contribution in [2.24, 2.45) is 0 Å². The first-order valence-corrected chi connectivity index (χ1v) is 38.3. The molecule has 0 aromatic carbocycles. The molecule has 1 amide bonds. The van der Waals surface area contributed by atoms with Crippen LogP contribution in [0.5, 0.6) is 0 Å². The lowest BCUT2D eigenvalue weighted by Crippen LogP contribution is -2.45. The van der Waals surface area contributed by atoms with E-state index in [0.717, 1.165) is 38.5 Å². The van der Waals surface area contributed by atoms with Crippen LogP contribution in [0.1, 0.15) is 450 Å². The summed E-state index contributed by atoms with van der Waals surface area (Å²) >= 11 is 0. The number of hydrogen-bond acceptors (Lipinski definition) is 5. The highest BCUT2D eigenvalue weighted by Crippen LogP contribution is 2.20. The molecule has 0 aliphatic rings. The average molecular weight is 1160 g/mol. The van der Waals surface area contributed by atoms with Crippen molar-refractivity contribution >= 4 is 11.9 Å². The predicted molar refractivity (Wildman–Crippen MR) is 361 cm³/mol. The SMILES string of the molecule is CCCCCCCCCCCCCCCCCCCCC(=O)OCCCCCCCCCCCCCCCCCCCCCCCCCCCCCCCCCCCCCCCC(=O)NC(CO)C(O)CCCCCCCCCCCC. The molecule has 2 unspecified atom stereocenters. The molecule has 0 bridgehead atoms. The van der Waals surface area contributed by atoms with Gasteiger partial charge in [-0.1, -0.05) is 412 Å². The van der Waals surface area contributed by atoms with Crippen LogP contribution in [-0.4, -0.2) is 47.4 Å². The zero-order valence-electron chi connectivity index (χ0n) is 56.3. The number of carbonyl (C=O) groups is 2. The molecule has 0 fully saturated rings. The molecule has 0 aromatic rings. The van der Waals surface area contributed by atoms with Crippen molar-refractivity contribution in [1.82, 2.24) is 5.32 Å². The third-order valence-electron chi connectivity index (χ3n) is 18.4. The van der Waals surface area contributed by atoms with Crippen LogP contribution in [-0.2, 0) is 14.3 Å². The second-order valence-electron chi connectivity index (χ2n) is 26.7. The van der Waals surface area contributed by atoms with E-state index in [1.54, 1.807) is 0 Å². The number of hydrogen-bond donors (Lipinski definition) is 3. The van der Waals surface area contributed by atoms with Gasteiger partial charge in [0, 0.05) is 12.8 Å². The van der Waals surface area contributed by atoms with Crippen molar-refractivity contribution in [3.63, 3.8) is 0 Å². The minimum Gasteiger partial charge on any atom is -0.466 e. The number of ether oxygens (including phenoxy) is 1. The van der Waals surface area contributed by atoms with E-state index in [9.17, 15) is 19.8 Å². The number of aliphatic hydroxyl groups is 2. The van der Waals surface area contributed by atoms with Crippen LogP contribution in [0.15, 0.2) is 0 Å². The van der Waals surface area contributed by atoms with E-state index in [2.05, 4.69) is 19.2 Å². The number of rotatable bonds is 73. The number of nitrogens with one attached hydrogen (secondary N) is 1. The molecular weight excluding hydrogens is 1010 g/mol. The van der Waals surface area contributed by atoms with Crippen molar-refractivity contribution in [2.45, 2.75) is 463 Å². The highest BCUT2D eigenvalue weighted by molar-refractivity contribution is 5.76. The van der Waals surface area contributed by atoms with Gasteiger partial charge in [-0.15, -0.1) is 0 Å². The first-order chi connectivity index (χ1) is 40.5. The molecule has 6 heteroatoms. The summed E-state index contributed by atoms with van der Waals surface area (Å²) in [5, 5.41) is 23.2. The van der Waals surface area contributed by atoms with Gasteiger partial charge in [0.05, 0.1) is 25.4 Å².